The van der Waals surface area contributed by atoms with Crippen molar-refractivity contribution < 1.29 is 9.32 Å². The molecule has 4 nitrogen and oxygen atoms in total. The Morgan fingerprint density at radius 3 is 2.85 bits per heavy atom. The van der Waals surface area contributed by atoms with Crippen molar-refractivity contribution in [2.45, 2.75) is 36.8 Å². The van der Waals surface area contributed by atoms with E-state index in [1.54, 1.807) is 0 Å². The molecule has 0 bridgehead atoms. The third kappa shape index (κ3) is 3.61. The van der Waals surface area contributed by atoms with Gasteiger partial charge in [0.15, 0.2) is 5.82 Å². The second-order valence-corrected chi connectivity index (χ2v) is 5.76. The van der Waals surface area contributed by atoms with Crippen LogP contribution in [0, 0.1) is 0 Å². The first-order valence-electron chi connectivity index (χ1n) is 6.32. The van der Waals surface area contributed by atoms with E-state index >= 15 is 0 Å². The van der Waals surface area contributed by atoms with E-state index in [9.17, 15) is 4.79 Å². The molecule has 0 aliphatic heterocycles. The number of carbonyl (C=O) groups is 1. The van der Waals surface area contributed by atoms with Crippen LogP contribution < -0.4 is 0 Å². The smallest absolute Gasteiger partial charge is 0.237 e. The SMILES string of the molecule is CCC(C(C)=O)c1nc(CSc2ccccc2Cl)no1. The largest absolute Gasteiger partial charge is 0.339 e. The Kier molecular flexibility index (Phi) is 5.20. The minimum absolute atomic E-state index is 0.0430. The maximum absolute atomic E-state index is 11.5. The summed E-state index contributed by atoms with van der Waals surface area (Å²) in [5.74, 6) is 1.27. The van der Waals surface area contributed by atoms with Crippen LogP contribution in [0.2, 0.25) is 5.02 Å². The van der Waals surface area contributed by atoms with Gasteiger partial charge in [0.1, 0.15) is 5.78 Å². The van der Waals surface area contributed by atoms with E-state index in [-0.39, 0.29) is 11.7 Å². The molecular formula is C14H15ClN2O2S. The van der Waals surface area contributed by atoms with E-state index in [0.717, 1.165) is 4.90 Å². The molecule has 0 radical (unpaired) electrons. The summed E-state index contributed by atoms with van der Waals surface area (Å²) in [5.41, 5.74) is 0. The van der Waals surface area contributed by atoms with Crippen molar-refractivity contribution in [1.82, 2.24) is 10.1 Å². The van der Waals surface area contributed by atoms with Gasteiger partial charge in [-0.25, -0.2) is 0 Å². The number of ketones is 1. The van der Waals surface area contributed by atoms with Gasteiger partial charge in [0, 0.05) is 4.90 Å². The molecule has 0 aliphatic rings. The van der Waals surface area contributed by atoms with E-state index < -0.39 is 0 Å². The molecule has 0 amide bonds. The van der Waals surface area contributed by atoms with Gasteiger partial charge in [-0.3, -0.25) is 4.79 Å². The highest BCUT2D eigenvalue weighted by atomic mass is 35.5. The summed E-state index contributed by atoms with van der Waals surface area (Å²) in [4.78, 5) is 16.7. The molecule has 20 heavy (non-hydrogen) atoms. The first-order chi connectivity index (χ1) is 9.61. The molecular weight excluding hydrogens is 296 g/mol. The lowest BCUT2D eigenvalue weighted by Crippen LogP contribution is -2.07. The average molecular weight is 311 g/mol. The lowest BCUT2D eigenvalue weighted by Gasteiger charge is -2.03. The molecule has 1 unspecified atom stereocenters. The lowest BCUT2D eigenvalue weighted by molar-refractivity contribution is -0.119. The fourth-order valence-corrected chi connectivity index (χ4v) is 2.89. The monoisotopic (exact) mass is 310 g/mol. The fourth-order valence-electron chi connectivity index (χ4n) is 1.81. The van der Waals surface area contributed by atoms with Crippen molar-refractivity contribution in [2.24, 2.45) is 0 Å². The predicted octanol–water partition coefficient (Wildman–Crippen LogP) is 4.10. The second kappa shape index (κ2) is 6.90. The molecule has 2 rings (SSSR count). The molecule has 1 aromatic heterocycles. The standard InChI is InChI=1S/C14H15ClN2O2S/c1-3-10(9(2)18)14-16-13(17-19-14)8-20-12-7-5-4-6-11(12)15/h4-7,10H,3,8H2,1-2H3. The third-order valence-electron chi connectivity index (χ3n) is 2.87. The van der Waals surface area contributed by atoms with Gasteiger partial charge < -0.3 is 4.52 Å². The molecule has 0 spiro atoms. The summed E-state index contributed by atoms with van der Waals surface area (Å²) >= 11 is 7.62. The topological polar surface area (TPSA) is 56.0 Å². The number of Topliss-reactive ketones (excluding diaryl/α,β-unsaturated/α-hetero) is 1. The van der Waals surface area contributed by atoms with Crippen molar-refractivity contribution >= 4 is 29.1 Å². The maximum Gasteiger partial charge on any atom is 0.237 e. The first-order valence-corrected chi connectivity index (χ1v) is 7.68. The van der Waals surface area contributed by atoms with Crippen molar-refractivity contribution in [1.29, 1.82) is 0 Å². The molecule has 0 fully saturated rings. The number of benzene rings is 1. The van der Waals surface area contributed by atoms with Crippen LogP contribution >= 0.6 is 23.4 Å². The molecule has 0 N–H and O–H groups in total. The van der Waals surface area contributed by atoms with E-state index in [1.807, 2.05) is 31.2 Å². The van der Waals surface area contributed by atoms with Gasteiger partial charge in [-0.15, -0.1) is 11.8 Å². The summed E-state index contributed by atoms with van der Waals surface area (Å²) in [6, 6.07) is 7.60. The van der Waals surface area contributed by atoms with Crippen molar-refractivity contribution in [3.05, 3.63) is 41.0 Å². The lowest BCUT2D eigenvalue weighted by atomic mass is 10.0. The summed E-state index contributed by atoms with van der Waals surface area (Å²) in [5, 5.41) is 4.61. The van der Waals surface area contributed by atoms with Crippen LogP contribution in [-0.2, 0) is 10.5 Å². The number of aromatic nitrogens is 2. The Morgan fingerprint density at radius 2 is 2.20 bits per heavy atom. The number of rotatable bonds is 6. The highest BCUT2D eigenvalue weighted by molar-refractivity contribution is 7.98. The first kappa shape index (κ1) is 15.1. The van der Waals surface area contributed by atoms with Crippen LogP contribution in [-0.4, -0.2) is 15.9 Å². The van der Waals surface area contributed by atoms with Crippen LogP contribution in [0.15, 0.2) is 33.7 Å². The van der Waals surface area contributed by atoms with Gasteiger partial charge in [0.05, 0.1) is 16.7 Å². The number of carbonyl (C=O) groups excluding carboxylic acids is 1. The summed E-state index contributed by atoms with van der Waals surface area (Å²) in [6.07, 6.45) is 0.661. The van der Waals surface area contributed by atoms with Gasteiger partial charge >= 0.3 is 0 Å². The van der Waals surface area contributed by atoms with E-state index in [1.165, 1.54) is 18.7 Å². The van der Waals surface area contributed by atoms with Crippen LogP contribution in [0.1, 0.15) is 37.9 Å². The molecule has 6 heteroatoms. The Balaban J connectivity index is 2.03. The fraction of sp³-hybridized carbons (Fsp3) is 0.357. The summed E-state index contributed by atoms with van der Waals surface area (Å²) in [7, 11) is 0. The van der Waals surface area contributed by atoms with E-state index in [0.29, 0.717) is 28.9 Å². The highest BCUT2D eigenvalue weighted by Gasteiger charge is 2.21. The number of nitrogens with zero attached hydrogens (tertiary/aromatic N) is 2. The molecule has 1 heterocycles. The van der Waals surface area contributed by atoms with Gasteiger partial charge in [-0.2, -0.15) is 4.98 Å². The summed E-state index contributed by atoms with van der Waals surface area (Å²) in [6.45, 7) is 3.46. The molecule has 0 saturated carbocycles. The molecule has 0 aliphatic carbocycles. The number of thioether (sulfide) groups is 1. The highest BCUT2D eigenvalue weighted by Crippen LogP contribution is 2.29. The quantitative estimate of drug-likeness (QED) is 0.752. The molecule has 106 valence electrons. The number of hydrogen-bond acceptors (Lipinski definition) is 5. The Morgan fingerprint density at radius 1 is 1.45 bits per heavy atom. The number of halogens is 1. The zero-order valence-corrected chi connectivity index (χ0v) is 12.9. The van der Waals surface area contributed by atoms with Crippen molar-refractivity contribution in [3.63, 3.8) is 0 Å². The predicted molar refractivity (Wildman–Crippen MR) is 79.0 cm³/mol. The van der Waals surface area contributed by atoms with Crippen molar-refractivity contribution in [2.75, 3.05) is 0 Å². The van der Waals surface area contributed by atoms with Gasteiger partial charge in [-0.1, -0.05) is 35.8 Å². The number of hydrogen-bond donors (Lipinski definition) is 0. The van der Waals surface area contributed by atoms with Crippen LogP contribution in [0.3, 0.4) is 0 Å². The maximum atomic E-state index is 11.5. The summed E-state index contributed by atoms with van der Waals surface area (Å²) < 4.78 is 5.17. The minimum atomic E-state index is -0.304. The molecule has 1 atom stereocenters. The zero-order valence-electron chi connectivity index (χ0n) is 11.3. The molecule has 1 aromatic carbocycles. The van der Waals surface area contributed by atoms with Crippen LogP contribution in [0.25, 0.3) is 0 Å². The van der Waals surface area contributed by atoms with Crippen LogP contribution in [0.4, 0.5) is 0 Å². The van der Waals surface area contributed by atoms with Crippen LogP contribution in [0.5, 0.6) is 0 Å². The van der Waals surface area contributed by atoms with Crippen molar-refractivity contribution in [3.8, 4) is 0 Å². The van der Waals surface area contributed by atoms with Gasteiger partial charge in [0.25, 0.3) is 0 Å². The van der Waals surface area contributed by atoms with Gasteiger partial charge in [-0.05, 0) is 25.5 Å². The van der Waals surface area contributed by atoms with Gasteiger partial charge in [0.2, 0.25) is 5.89 Å². The average Bonchev–Trinajstić information content (AvgIpc) is 2.87. The Bertz CT molecular complexity index is 600. The minimum Gasteiger partial charge on any atom is -0.339 e. The zero-order chi connectivity index (χ0) is 14.5. The van der Waals surface area contributed by atoms with E-state index in [2.05, 4.69) is 10.1 Å². The normalized spacial score (nSPS) is 12.3. The Labute approximate surface area is 126 Å². The Hall–Kier alpha value is -1.33. The second-order valence-electron chi connectivity index (χ2n) is 4.34. The molecule has 2 aromatic rings. The van der Waals surface area contributed by atoms with E-state index in [4.69, 9.17) is 16.1 Å². The molecule has 0 saturated heterocycles. The third-order valence-corrected chi connectivity index (χ3v) is 4.39.